The number of thiophene rings is 1. The van der Waals surface area contributed by atoms with Crippen molar-refractivity contribution in [2.45, 2.75) is 58.4 Å². The van der Waals surface area contributed by atoms with Crippen LogP contribution in [-0.4, -0.2) is 10.5 Å². The number of benzene rings is 1. The van der Waals surface area contributed by atoms with Gasteiger partial charge in [-0.15, -0.1) is 11.3 Å². The fourth-order valence-electron chi connectivity index (χ4n) is 4.77. The van der Waals surface area contributed by atoms with Crippen LogP contribution in [0.5, 0.6) is 0 Å². The summed E-state index contributed by atoms with van der Waals surface area (Å²) >= 11 is 1.69. The summed E-state index contributed by atoms with van der Waals surface area (Å²) in [6.07, 6.45) is 6.66. The second-order valence-corrected chi connectivity index (χ2v) is 8.65. The third-order valence-corrected chi connectivity index (χ3v) is 6.88. The van der Waals surface area contributed by atoms with Crippen molar-refractivity contribution in [1.82, 2.24) is 4.57 Å². The van der Waals surface area contributed by atoms with Gasteiger partial charge in [0.25, 0.3) is 5.91 Å². The molecule has 1 atom stereocenters. The quantitative estimate of drug-likeness (QED) is 0.501. The molecule has 0 bridgehead atoms. The molecule has 1 amide bonds. The van der Waals surface area contributed by atoms with E-state index >= 15 is 0 Å². The normalized spacial score (nSPS) is 15.7. The molecule has 3 aromatic rings. The predicted molar refractivity (Wildman–Crippen MR) is 117 cm³/mol. The fourth-order valence-corrected chi connectivity index (χ4v) is 5.57. The Bertz CT molecular complexity index is 984. The highest BCUT2D eigenvalue weighted by molar-refractivity contribution is 7.13. The van der Waals surface area contributed by atoms with Crippen molar-refractivity contribution in [2.24, 2.45) is 5.73 Å². The van der Waals surface area contributed by atoms with Crippen LogP contribution in [0.4, 0.5) is 0 Å². The Morgan fingerprint density at radius 3 is 2.75 bits per heavy atom. The van der Waals surface area contributed by atoms with Crippen molar-refractivity contribution in [2.75, 3.05) is 0 Å². The van der Waals surface area contributed by atoms with Crippen LogP contribution in [0.2, 0.25) is 0 Å². The van der Waals surface area contributed by atoms with Gasteiger partial charge in [0, 0.05) is 21.8 Å². The van der Waals surface area contributed by atoms with E-state index in [9.17, 15) is 4.79 Å². The second-order valence-electron chi connectivity index (χ2n) is 7.70. The van der Waals surface area contributed by atoms with Crippen LogP contribution in [0, 0.1) is 6.92 Å². The molecule has 0 fully saturated rings. The Balaban J connectivity index is 1.92. The molecule has 0 saturated heterocycles. The van der Waals surface area contributed by atoms with Crippen LogP contribution < -0.4 is 5.73 Å². The minimum atomic E-state index is -0.317. The molecule has 2 N–H and O–H groups in total. The van der Waals surface area contributed by atoms with E-state index in [2.05, 4.69) is 60.2 Å². The van der Waals surface area contributed by atoms with Crippen LogP contribution in [0.25, 0.3) is 10.4 Å². The molecular weight excluding hydrogens is 364 g/mol. The van der Waals surface area contributed by atoms with Gasteiger partial charge in [-0.05, 0) is 55.2 Å². The first-order chi connectivity index (χ1) is 13.6. The SMILES string of the molecule is CCCCCc1c(-c2cccs2)c(C(N)=O)c(C)n1C1CCc2ccccc21. The zero-order chi connectivity index (χ0) is 19.7. The number of nitrogens with two attached hydrogens (primary N) is 1. The molecule has 0 radical (unpaired) electrons. The summed E-state index contributed by atoms with van der Waals surface area (Å²) in [7, 11) is 0. The molecular formula is C24H28N2OS. The second kappa shape index (κ2) is 7.96. The summed E-state index contributed by atoms with van der Waals surface area (Å²) < 4.78 is 2.44. The van der Waals surface area contributed by atoms with Crippen LogP contribution in [0.3, 0.4) is 0 Å². The van der Waals surface area contributed by atoms with Gasteiger partial charge in [-0.1, -0.05) is 50.1 Å². The predicted octanol–water partition coefficient (Wildman–Crippen LogP) is 5.89. The first-order valence-corrected chi connectivity index (χ1v) is 11.2. The minimum Gasteiger partial charge on any atom is -0.366 e. The van der Waals surface area contributed by atoms with Gasteiger partial charge in [0.05, 0.1) is 11.6 Å². The molecule has 0 saturated carbocycles. The molecule has 4 heteroatoms. The Hall–Kier alpha value is -2.33. The van der Waals surface area contributed by atoms with E-state index in [1.54, 1.807) is 11.3 Å². The number of rotatable bonds is 7. The lowest BCUT2D eigenvalue weighted by Gasteiger charge is -2.21. The molecule has 1 unspecified atom stereocenters. The van der Waals surface area contributed by atoms with Crippen molar-refractivity contribution in [3.8, 4) is 10.4 Å². The lowest BCUT2D eigenvalue weighted by atomic mass is 10.0. The Kier molecular flexibility index (Phi) is 5.40. The van der Waals surface area contributed by atoms with Gasteiger partial charge in [0.1, 0.15) is 0 Å². The summed E-state index contributed by atoms with van der Waals surface area (Å²) in [5.41, 5.74) is 12.8. The van der Waals surface area contributed by atoms with Crippen LogP contribution in [-0.2, 0) is 12.8 Å². The van der Waals surface area contributed by atoms with Gasteiger partial charge in [0.2, 0.25) is 0 Å². The number of hydrogen-bond donors (Lipinski definition) is 1. The molecule has 1 aliphatic carbocycles. The molecule has 2 aromatic heterocycles. The molecule has 1 aromatic carbocycles. The smallest absolute Gasteiger partial charge is 0.251 e. The van der Waals surface area contributed by atoms with E-state index in [1.807, 2.05) is 0 Å². The van der Waals surface area contributed by atoms with Crippen LogP contribution >= 0.6 is 11.3 Å². The third-order valence-electron chi connectivity index (χ3n) is 6.00. The number of carbonyl (C=O) groups excluding carboxylic acids is 1. The fraction of sp³-hybridized carbons (Fsp3) is 0.375. The van der Waals surface area contributed by atoms with Gasteiger partial charge in [-0.2, -0.15) is 0 Å². The van der Waals surface area contributed by atoms with Gasteiger partial charge in [-0.25, -0.2) is 0 Å². The number of primary amides is 1. The zero-order valence-corrected chi connectivity index (χ0v) is 17.5. The summed E-state index contributed by atoms with van der Waals surface area (Å²) in [5.74, 6) is -0.317. The number of aromatic nitrogens is 1. The van der Waals surface area contributed by atoms with E-state index in [-0.39, 0.29) is 5.91 Å². The number of nitrogens with zero attached hydrogens (tertiary/aromatic N) is 1. The molecule has 0 spiro atoms. The summed E-state index contributed by atoms with van der Waals surface area (Å²) in [6.45, 7) is 4.30. The third kappa shape index (κ3) is 3.20. The molecule has 4 rings (SSSR count). The van der Waals surface area contributed by atoms with Crippen molar-refractivity contribution >= 4 is 17.2 Å². The number of hydrogen-bond acceptors (Lipinski definition) is 2. The number of carbonyl (C=O) groups is 1. The molecule has 3 nitrogen and oxygen atoms in total. The average molecular weight is 393 g/mol. The maximum atomic E-state index is 12.5. The first kappa shape index (κ1) is 19.0. The first-order valence-electron chi connectivity index (χ1n) is 10.3. The molecule has 0 aliphatic heterocycles. The summed E-state index contributed by atoms with van der Waals surface area (Å²) in [5, 5.41) is 2.08. The molecule has 28 heavy (non-hydrogen) atoms. The van der Waals surface area contributed by atoms with E-state index < -0.39 is 0 Å². The van der Waals surface area contributed by atoms with E-state index in [1.165, 1.54) is 29.7 Å². The van der Waals surface area contributed by atoms with Gasteiger partial charge < -0.3 is 10.3 Å². The van der Waals surface area contributed by atoms with Gasteiger partial charge in [-0.3, -0.25) is 4.79 Å². The van der Waals surface area contributed by atoms with Gasteiger partial charge >= 0.3 is 0 Å². The Morgan fingerprint density at radius 2 is 2.04 bits per heavy atom. The Morgan fingerprint density at radius 1 is 1.21 bits per heavy atom. The van der Waals surface area contributed by atoms with E-state index in [0.29, 0.717) is 11.6 Å². The lowest BCUT2D eigenvalue weighted by Crippen LogP contribution is -2.15. The van der Waals surface area contributed by atoms with Crippen molar-refractivity contribution in [3.63, 3.8) is 0 Å². The van der Waals surface area contributed by atoms with Crippen molar-refractivity contribution in [3.05, 3.63) is 69.9 Å². The molecule has 1 aliphatic rings. The van der Waals surface area contributed by atoms with Crippen LogP contribution in [0.1, 0.15) is 71.5 Å². The topological polar surface area (TPSA) is 48.0 Å². The largest absolute Gasteiger partial charge is 0.366 e. The number of aryl methyl sites for hydroxylation is 1. The van der Waals surface area contributed by atoms with E-state index in [4.69, 9.17) is 5.73 Å². The molecule has 2 heterocycles. The molecule has 146 valence electrons. The van der Waals surface area contributed by atoms with E-state index in [0.717, 1.165) is 41.8 Å². The monoisotopic (exact) mass is 392 g/mol. The summed E-state index contributed by atoms with van der Waals surface area (Å²) in [4.78, 5) is 13.7. The zero-order valence-electron chi connectivity index (χ0n) is 16.7. The van der Waals surface area contributed by atoms with Crippen LogP contribution in [0.15, 0.2) is 41.8 Å². The highest BCUT2D eigenvalue weighted by Gasteiger charge is 2.32. The van der Waals surface area contributed by atoms with Crippen molar-refractivity contribution in [1.29, 1.82) is 0 Å². The maximum absolute atomic E-state index is 12.5. The average Bonchev–Trinajstić information content (AvgIpc) is 3.39. The summed E-state index contributed by atoms with van der Waals surface area (Å²) in [6, 6.07) is 13.2. The number of fused-ring (bicyclic) bond motifs is 1. The highest BCUT2D eigenvalue weighted by Crippen LogP contribution is 2.43. The van der Waals surface area contributed by atoms with Crippen molar-refractivity contribution < 1.29 is 4.79 Å². The lowest BCUT2D eigenvalue weighted by molar-refractivity contribution is 0.1000. The number of unbranched alkanes of at least 4 members (excludes halogenated alkanes) is 2. The standard InChI is InChI=1S/C24H28N2OS/c1-3-4-5-11-20-23(21-12-8-15-28-21)22(24(25)27)16(2)26(20)19-14-13-17-9-6-7-10-18(17)19/h6-10,12,15,19H,3-5,11,13-14H2,1-2H3,(H2,25,27). The number of amides is 1. The maximum Gasteiger partial charge on any atom is 0.251 e. The highest BCUT2D eigenvalue weighted by atomic mass is 32.1. The minimum absolute atomic E-state index is 0.291. The Labute approximate surface area is 171 Å². The van der Waals surface area contributed by atoms with Gasteiger partial charge in [0.15, 0.2) is 0 Å².